The Labute approximate surface area is 267 Å². The van der Waals surface area contributed by atoms with Crippen LogP contribution in [0.2, 0.25) is 0 Å². The molecule has 43 heavy (non-hydrogen) atoms. The Balaban J connectivity index is 1.38. The normalized spacial score (nSPS) is 18.9. The summed E-state index contributed by atoms with van der Waals surface area (Å²) in [6, 6.07) is 35.8. The molecule has 1 fully saturated rings. The van der Waals surface area contributed by atoms with Gasteiger partial charge in [-0.2, -0.15) is 0 Å². The third kappa shape index (κ3) is 9.03. The van der Waals surface area contributed by atoms with E-state index in [0.29, 0.717) is 18.7 Å². The molecule has 4 aromatic rings. The van der Waals surface area contributed by atoms with Crippen molar-refractivity contribution >= 4 is 46.4 Å². The van der Waals surface area contributed by atoms with Crippen molar-refractivity contribution in [3.05, 3.63) is 137 Å². The molecule has 1 aliphatic heterocycles. The molecule has 4 aromatic carbocycles. The summed E-state index contributed by atoms with van der Waals surface area (Å²) < 4.78 is 11.0. The molecule has 224 valence electrons. The van der Waals surface area contributed by atoms with Crippen molar-refractivity contribution in [2.45, 2.75) is 48.4 Å². The van der Waals surface area contributed by atoms with Gasteiger partial charge in [0.05, 0.1) is 18.8 Å². The molecular weight excluding hydrogens is 607 g/mol. The zero-order valence-corrected chi connectivity index (χ0v) is 25.7. The smallest absolute Gasteiger partial charge is 0.276 e. The molecule has 0 aliphatic carbocycles. The van der Waals surface area contributed by atoms with Gasteiger partial charge >= 0.3 is 0 Å². The molecule has 6 nitrogen and oxygen atoms in total. The molecule has 9 heteroatoms. The summed E-state index contributed by atoms with van der Waals surface area (Å²) in [5.41, 5.74) is 5.59. The first kappa shape index (κ1) is 31.5. The molecule has 0 unspecified atom stereocenters. The van der Waals surface area contributed by atoms with Crippen molar-refractivity contribution in [3.63, 3.8) is 0 Å². The van der Waals surface area contributed by atoms with Gasteiger partial charge in [0.2, 0.25) is 0 Å². The number of hydrogen-bond acceptors (Lipinski definition) is 5. The number of benzene rings is 4. The Kier molecular flexibility index (Phi) is 10.8. The van der Waals surface area contributed by atoms with Crippen molar-refractivity contribution in [1.82, 2.24) is 4.90 Å². The van der Waals surface area contributed by atoms with Gasteiger partial charge in [-0.15, -0.1) is 0 Å². The minimum absolute atomic E-state index is 0.0186. The number of amides is 1. The number of aliphatic hydroxyl groups is 1. The molecular formula is C34H33Cl3N2O4. The molecule has 0 saturated carbocycles. The highest BCUT2D eigenvalue weighted by Gasteiger charge is 2.34. The van der Waals surface area contributed by atoms with Gasteiger partial charge in [-0.25, -0.2) is 0 Å². The largest absolute Gasteiger partial charge is 0.392 e. The number of carbonyl (C=O) groups is 1. The van der Waals surface area contributed by atoms with E-state index >= 15 is 0 Å². The van der Waals surface area contributed by atoms with E-state index in [2.05, 4.69) is 58.7 Å². The van der Waals surface area contributed by atoms with Crippen LogP contribution in [0.3, 0.4) is 0 Å². The standard InChI is InChI=1S/C34H33Cl3N2O4/c35-34(36,37)33(41)38-29-17-15-28(16-18-29)32-42-30(19-31(43-32)27-13-11-26(23-40)12-14-27)22-39(20-24-7-3-1-4-8-24)21-25-9-5-2-6-10-25/h1-18,30-32,40H,19-23H2,(H,38,41)/t30-,31+,32+/m1/s1. The van der Waals surface area contributed by atoms with Crippen LogP contribution in [0.15, 0.2) is 109 Å². The molecule has 0 bridgehead atoms. The van der Waals surface area contributed by atoms with Crippen LogP contribution in [0.5, 0.6) is 0 Å². The predicted molar refractivity (Wildman–Crippen MR) is 171 cm³/mol. The van der Waals surface area contributed by atoms with Gasteiger partial charge in [0.25, 0.3) is 9.70 Å². The number of aliphatic hydroxyl groups excluding tert-OH is 1. The Hall–Kier alpha value is -2.94. The Morgan fingerprint density at radius 1 is 0.767 bits per heavy atom. The van der Waals surface area contributed by atoms with E-state index in [-0.39, 0.29) is 18.8 Å². The van der Waals surface area contributed by atoms with E-state index in [1.54, 1.807) is 12.1 Å². The van der Waals surface area contributed by atoms with E-state index in [1.807, 2.05) is 48.5 Å². The number of nitrogens with zero attached hydrogens (tertiary/aromatic N) is 1. The van der Waals surface area contributed by atoms with Crippen molar-refractivity contribution in [2.24, 2.45) is 0 Å². The maximum atomic E-state index is 12.1. The highest BCUT2D eigenvalue weighted by Crippen LogP contribution is 2.39. The molecule has 1 amide bonds. The fourth-order valence-electron chi connectivity index (χ4n) is 5.11. The average molecular weight is 640 g/mol. The van der Waals surface area contributed by atoms with Gasteiger partial charge in [-0.05, 0) is 34.4 Å². The van der Waals surface area contributed by atoms with Crippen molar-refractivity contribution < 1.29 is 19.4 Å². The fraction of sp³-hybridized carbons (Fsp3) is 0.265. The number of nitrogens with one attached hydrogen (secondary N) is 1. The Bertz CT molecular complexity index is 1410. The van der Waals surface area contributed by atoms with E-state index in [1.165, 1.54) is 11.1 Å². The summed E-state index contributed by atoms with van der Waals surface area (Å²) in [4.78, 5) is 14.5. The number of ether oxygens (including phenoxy) is 2. The molecule has 2 N–H and O–H groups in total. The molecule has 1 saturated heterocycles. The topological polar surface area (TPSA) is 71.0 Å². The molecule has 5 rings (SSSR count). The van der Waals surface area contributed by atoms with Gasteiger partial charge in [-0.3, -0.25) is 9.69 Å². The van der Waals surface area contributed by atoms with Crippen molar-refractivity contribution in [3.8, 4) is 0 Å². The molecule has 0 spiro atoms. The summed E-state index contributed by atoms with van der Waals surface area (Å²) in [5, 5.41) is 12.1. The highest BCUT2D eigenvalue weighted by molar-refractivity contribution is 6.76. The maximum absolute atomic E-state index is 12.1. The zero-order valence-electron chi connectivity index (χ0n) is 23.4. The predicted octanol–water partition coefficient (Wildman–Crippen LogP) is 7.74. The molecule has 1 heterocycles. The Morgan fingerprint density at radius 2 is 1.33 bits per heavy atom. The molecule has 1 aliphatic rings. The van der Waals surface area contributed by atoms with E-state index in [9.17, 15) is 9.90 Å². The van der Waals surface area contributed by atoms with Crippen molar-refractivity contribution in [2.75, 3.05) is 11.9 Å². The molecule has 0 aromatic heterocycles. The minimum Gasteiger partial charge on any atom is -0.392 e. The van der Waals surface area contributed by atoms with Crippen LogP contribution in [-0.4, -0.2) is 32.4 Å². The summed E-state index contributed by atoms with van der Waals surface area (Å²) in [7, 11) is 0. The average Bonchev–Trinajstić information content (AvgIpc) is 3.02. The fourth-order valence-corrected chi connectivity index (χ4v) is 5.26. The van der Waals surface area contributed by atoms with E-state index in [4.69, 9.17) is 44.3 Å². The summed E-state index contributed by atoms with van der Waals surface area (Å²) in [6.45, 7) is 2.21. The summed E-state index contributed by atoms with van der Waals surface area (Å²) in [5.74, 6) is -0.737. The lowest BCUT2D eigenvalue weighted by molar-refractivity contribution is -0.253. The minimum atomic E-state index is -2.06. The summed E-state index contributed by atoms with van der Waals surface area (Å²) in [6.07, 6.45) is -0.352. The second-order valence-corrected chi connectivity index (χ2v) is 12.8. The van der Waals surface area contributed by atoms with Crippen molar-refractivity contribution in [1.29, 1.82) is 0 Å². The molecule has 0 radical (unpaired) electrons. The van der Waals surface area contributed by atoms with Crippen LogP contribution in [0.1, 0.15) is 46.6 Å². The van der Waals surface area contributed by atoms with Crippen LogP contribution in [-0.2, 0) is 34.0 Å². The number of hydrogen-bond donors (Lipinski definition) is 2. The summed E-state index contributed by atoms with van der Waals surface area (Å²) >= 11 is 17.1. The van der Waals surface area contributed by atoms with Gasteiger partial charge in [-0.1, -0.05) is 132 Å². The quantitative estimate of drug-likeness (QED) is 0.174. The van der Waals surface area contributed by atoms with Gasteiger partial charge < -0.3 is 19.9 Å². The van der Waals surface area contributed by atoms with Gasteiger partial charge in [0.1, 0.15) is 0 Å². The monoisotopic (exact) mass is 638 g/mol. The van der Waals surface area contributed by atoms with Crippen LogP contribution >= 0.6 is 34.8 Å². The lowest BCUT2D eigenvalue weighted by Crippen LogP contribution is -2.39. The maximum Gasteiger partial charge on any atom is 0.276 e. The Morgan fingerprint density at radius 3 is 1.86 bits per heavy atom. The second-order valence-electron chi connectivity index (χ2n) is 10.6. The number of rotatable bonds is 10. The second kappa shape index (κ2) is 14.7. The lowest BCUT2D eigenvalue weighted by Gasteiger charge is -2.38. The number of halogens is 3. The van der Waals surface area contributed by atoms with Crippen LogP contribution in [0.4, 0.5) is 5.69 Å². The van der Waals surface area contributed by atoms with E-state index < -0.39 is 16.0 Å². The van der Waals surface area contributed by atoms with E-state index in [0.717, 1.165) is 29.8 Å². The van der Waals surface area contributed by atoms with Gasteiger partial charge in [0.15, 0.2) is 6.29 Å². The number of alkyl halides is 3. The highest BCUT2D eigenvalue weighted by atomic mass is 35.6. The van der Waals surface area contributed by atoms with Crippen LogP contribution in [0.25, 0.3) is 0 Å². The zero-order chi connectivity index (χ0) is 30.2. The lowest BCUT2D eigenvalue weighted by atomic mass is 9.99. The van der Waals surface area contributed by atoms with Crippen LogP contribution in [0, 0.1) is 0 Å². The third-order valence-electron chi connectivity index (χ3n) is 7.27. The first-order chi connectivity index (χ1) is 20.8. The third-order valence-corrected chi connectivity index (χ3v) is 7.79. The number of carbonyl (C=O) groups excluding carboxylic acids is 1. The van der Waals surface area contributed by atoms with Gasteiger partial charge in [0, 0.05) is 37.3 Å². The number of anilines is 1. The molecule has 3 atom stereocenters. The first-order valence-corrected chi connectivity index (χ1v) is 15.2. The van der Waals surface area contributed by atoms with Crippen LogP contribution < -0.4 is 5.32 Å². The SMILES string of the molecule is O=C(Nc1ccc([C@H]2O[C@@H](CN(Cc3ccccc3)Cc3ccccc3)C[C@@H](c3ccc(CO)cc3)O2)cc1)C(Cl)(Cl)Cl. The first-order valence-electron chi connectivity index (χ1n) is 14.1.